The zero-order chi connectivity index (χ0) is 18.0. The molecular formula is C16H14F2N4O3. The zero-order valence-electron chi connectivity index (χ0n) is 13.4. The summed E-state index contributed by atoms with van der Waals surface area (Å²) >= 11 is 0. The third-order valence-corrected chi connectivity index (χ3v) is 3.66. The number of benzene rings is 2. The summed E-state index contributed by atoms with van der Waals surface area (Å²) in [5.74, 6) is -2.59. The number of amides is 1. The third-order valence-electron chi connectivity index (χ3n) is 3.66. The fourth-order valence-corrected chi connectivity index (χ4v) is 2.47. The molecule has 3 rings (SSSR count). The maximum absolute atomic E-state index is 13.7. The van der Waals surface area contributed by atoms with Gasteiger partial charge in [0.1, 0.15) is 16.8 Å². The number of carbonyl (C=O) groups is 1. The molecule has 0 saturated carbocycles. The van der Waals surface area contributed by atoms with E-state index in [1.165, 1.54) is 7.11 Å². The van der Waals surface area contributed by atoms with E-state index in [2.05, 4.69) is 25.5 Å². The van der Waals surface area contributed by atoms with Crippen molar-refractivity contribution in [3.8, 4) is 11.5 Å². The van der Waals surface area contributed by atoms with Crippen molar-refractivity contribution in [3.05, 3.63) is 47.0 Å². The van der Waals surface area contributed by atoms with Crippen LogP contribution in [0, 0.1) is 11.6 Å². The molecule has 0 unspecified atom stereocenters. The van der Waals surface area contributed by atoms with Gasteiger partial charge in [-0.3, -0.25) is 4.79 Å². The monoisotopic (exact) mass is 348 g/mol. The fraction of sp³-hybridized carbons (Fsp3) is 0.188. The minimum Gasteiger partial charge on any atom is -0.496 e. The van der Waals surface area contributed by atoms with Crippen molar-refractivity contribution in [3.63, 3.8) is 0 Å². The summed E-state index contributed by atoms with van der Waals surface area (Å²) in [7, 11) is 2.63. The molecule has 0 saturated heterocycles. The second kappa shape index (κ2) is 6.71. The number of aromatic amines is 1. The van der Waals surface area contributed by atoms with Gasteiger partial charge in [-0.1, -0.05) is 0 Å². The number of halogens is 2. The van der Waals surface area contributed by atoms with Gasteiger partial charge in [0.15, 0.2) is 17.4 Å². The highest BCUT2D eigenvalue weighted by molar-refractivity contribution is 5.94. The maximum atomic E-state index is 13.7. The Kier molecular flexibility index (Phi) is 4.46. The van der Waals surface area contributed by atoms with E-state index in [-0.39, 0.29) is 12.1 Å². The Morgan fingerprint density at radius 1 is 1.16 bits per heavy atom. The first-order valence-corrected chi connectivity index (χ1v) is 7.22. The lowest BCUT2D eigenvalue weighted by Crippen LogP contribution is -2.23. The summed E-state index contributed by atoms with van der Waals surface area (Å²) in [5.41, 5.74) is 1.57. The van der Waals surface area contributed by atoms with Gasteiger partial charge < -0.3 is 14.8 Å². The lowest BCUT2D eigenvalue weighted by molar-refractivity contribution is 0.0949. The highest BCUT2D eigenvalue weighted by Crippen LogP contribution is 2.26. The van der Waals surface area contributed by atoms with Gasteiger partial charge in [-0.2, -0.15) is 15.4 Å². The normalized spacial score (nSPS) is 10.7. The number of rotatable bonds is 5. The van der Waals surface area contributed by atoms with Crippen LogP contribution in [0.25, 0.3) is 11.0 Å². The molecule has 0 aliphatic carbocycles. The first kappa shape index (κ1) is 16.6. The standard InChI is InChI=1S/C16H14F2N4O3/c1-24-13-4-3-12-14(21-22-20-12)9(13)7-19-16(23)8-5-10(17)15(25-2)11(18)6-8/h3-6H,7H2,1-2H3,(H,19,23)(H,20,21,22). The van der Waals surface area contributed by atoms with E-state index in [4.69, 9.17) is 4.74 Å². The van der Waals surface area contributed by atoms with Gasteiger partial charge in [0.25, 0.3) is 5.91 Å². The molecule has 0 bridgehead atoms. The Hall–Kier alpha value is -3.23. The molecule has 0 aliphatic rings. The molecule has 2 N–H and O–H groups in total. The molecular weight excluding hydrogens is 334 g/mol. The van der Waals surface area contributed by atoms with Crippen molar-refractivity contribution in [2.75, 3.05) is 14.2 Å². The van der Waals surface area contributed by atoms with Crippen LogP contribution in [0.5, 0.6) is 11.5 Å². The minimum atomic E-state index is -0.955. The number of nitrogens with one attached hydrogen (secondary N) is 2. The average Bonchev–Trinajstić information content (AvgIpc) is 3.07. The van der Waals surface area contributed by atoms with E-state index in [9.17, 15) is 13.6 Å². The van der Waals surface area contributed by atoms with E-state index in [0.29, 0.717) is 22.3 Å². The van der Waals surface area contributed by atoms with Crippen LogP contribution in [0.3, 0.4) is 0 Å². The number of aromatic nitrogens is 3. The van der Waals surface area contributed by atoms with Crippen molar-refractivity contribution in [1.29, 1.82) is 0 Å². The van der Waals surface area contributed by atoms with Crippen LogP contribution in [-0.4, -0.2) is 35.5 Å². The quantitative estimate of drug-likeness (QED) is 0.738. The topological polar surface area (TPSA) is 89.1 Å². The van der Waals surface area contributed by atoms with E-state index in [0.717, 1.165) is 19.2 Å². The first-order chi connectivity index (χ1) is 12.0. The third kappa shape index (κ3) is 3.08. The maximum Gasteiger partial charge on any atom is 0.251 e. The lowest BCUT2D eigenvalue weighted by atomic mass is 10.1. The molecule has 0 aliphatic heterocycles. The SMILES string of the molecule is COc1ccc2n[nH]nc2c1CNC(=O)c1cc(F)c(OC)c(F)c1. The molecule has 1 heterocycles. The molecule has 130 valence electrons. The highest BCUT2D eigenvalue weighted by Gasteiger charge is 2.17. The van der Waals surface area contributed by atoms with Crippen molar-refractivity contribution >= 4 is 16.9 Å². The number of fused-ring (bicyclic) bond motifs is 1. The van der Waals surface area contributed by atoms with E-state index < -0.39 is 23.3 Å². The molecule has 7 nitrogen and oxygen atoms in total. The molecule has 1 aromatic heterocycles. The Balaban J connectivity index is 1.85. The molecule has 9 heteroatoms. The second-order valence-electron chi connectivity index (χ2n) is 5.09. The zero-order valence-corrected chi connectivity index (χ0v) is 13.4. The summed E-state index contributed by atoms with van der Waals surface area (Å²) in [6.45, 7) is 0.0428. The largest absolute Gasteiger partial charge is 0.496 e. The number of nitrogens with zero attached hydrogens (tertiary/aromatic N) is 2. The summed E-state index contributed by atoms with van der Waals surface area (Å²) in [6, 6.07) is 5.23. The van der Waals surface area contributed by atoms with Crippen LogP contribution in [0.15, 0.2) is 24.3 Å². The molecule has 0 fully saturated rings. The Labute approximate surface area is 140 Å². The van der Waals surface area contributed by atoms with Crippen LogP contribution in [0.4, 0.5) is 8.78 Å². The van der Waals surface area contributed by atoms with Crippen LogP contribution >= 0.6 is 0 Å². The predicted molar refractivity (Wildman–Crippen MR) is 84.5 cm³/mol. The number of hydrogen-bond acceptors (Lipinski definition) is 5. The Bertz CT molecular complexity index is 919. The Morgan fingerprint density at radius 2 is 1.88 bits per heavy atom. The van der Waals surface area contributed by atoms with Crippen molar-refractivity contribution in [2.24, 2.45) is 0 Å². The number of H-pyrrole nitrogens is 1. The van der Waals surface area contributed by atoms with Crippen molar-refractivity contribution in [1.82, 2.24) is 20.7 Å². The van der Waals surface area contributed by atoms with E-state index in [1.807, 2.05) is 0 Å². The number of hydrogen-bond donors (Lipinski definition) is 2. The van der Waals surface area contributed by atoms with Crippen LogP contribution < -0.4 is 14.8 Å². The van der Waals surface area contributed by atoms with Crippen LogP contribution in [0.1, 0.15) is 15.9 Å². The number of ether oxygens (including phenoxy) is 2. The summed E-state index contributed by atoms with van der Waals surface area (Å²) in [5, 5.41) is 13.1. The molecule has 1 amide bonds. The van der Waals surface area contributed by atoms with E-state index in [1.54, 1.807) is 12.1 Å². The van der Waals surface area contributed by atoms with Gasteiger partial charge in [0.2, 0.25) is 0 Å². The van der Waals surface area contributed by atoms with Gasteiger partial charge in [0, 0.05) is 17.7 Å². The van der Waals surface area contributed by atoms with Crippen molar-refractivity contribution in [2.45, 2.75) is 6.54 Å². The van der Waals surface area contributed by atoms with Gasteiger partial charge >= 0.3 is 0 Å². The number of carbonyl (C=O) groups excluding carboxylic acids is 1. The van der Waals surface area contributed by atoms with Gasteiger partial charge in [-0.15, -0.1) is 0 Å². The van der Waals surface area contributed by atoms with Gasteiger partial charge in [0.05, 0.1) is 14.2 Å². The molecule has 2 aromatic carbocycles. The smallest absolute Gasteiger partial charge is 0.251 e. The first-order valence-electron chi connectivity index (χ1n) is 7.22. The highest BCUT2D eigenvalue weighted by atomic mass is 19.1. The van der Waals surface area contributed by atoms with Crippen LogP contribution in [-0.2, 0) is 6.54 Å². The van der Waals surface area contributed by atoms with Crippen LogP contribution in [0.2, 0.25) is 0 Å². The molecule has 25 heavy (non-hydrogen) atoms. The molecule has 3 aromatic rings. The fourth-order valence-electron chi connectivity index (χ4n) is 2.47. The van der Waals surface area contributed by atoms with Gasteiger partial charge in [-0.25, -0.2) is 8.78 Å². The molecule has 0 radical (unpaired) electrons. The van der Waals surface area contributed by atoms with Gasteiger partial charge in [-0.05, 0) is 24.3 Å². The molecule has 0 spiro atoms. The van der Waals surface area contributed by atoms with Crippen molar-refractivity contribution < 1.29 is 23.0 Å². The predicted octanol–water partition coefficient (Wildman–Crippen LogP) is 2.18. The molecule has 0 atom stereocenters. The second-order valence-corrected chi connectivity index (χ2v) is 5.09. The minimum absolute atomic E-state index is 0.0428. The van der Waals surface area contributed by atoms with E-state index >= 15 is 0 Å². The number of methoxy groups -OCH3 is 2. The summed E-state index contributed by atoms with van der Waals surface area (Å²) in [4.78, 5) is 12.2. The summed E-state index contributed by atoms with van der Waals surface area (Å²) < 4.78 is 37.3. The average molecular weight is 348 g/mol. The summed E-state index contributed by atoms with van der Waals surface area (Å²) in [6.07, 6.45) is 0. The lowest BCUT2D eigenvalue weighted by Gasteiger charge is -2.11. The Morgan fingerprint density at radius 3 is 2.52 bits per heavy atom.